The van der Waals surface area contributed by atoms with Crippen molar-refractivity contribution >= 4 is 140 Å². The molecule has 0 bridgehead atoms. The zero-order valence-electron chi connectivity index (χ0n) is 35.7. The molecule has 0 saturated heterocycles. The van der Waals surface area contributed by atoms with Crippen molar-refractivity contribution in [3.63, 3.8) is 0 Å². The molecule has 0 unspecified atom stereocenters. The fourth-order valence-corrected chi connectivity index (χ4v) is 9.87. The van der Waals surface area contributed by atoms with Crippen LogP contribution in [-0.4, -0.2) is 130 Å². The standard InChI is InChI=1S/C36H48B10F4N4O2S/c1-3-52(4-2)12-13-53(14-19-24(37)26(39)21(27(40)25(19)38)22-28(41)30(43)23(36(48,49)50)31(44)29(22)42)33(56)35(45,46)54-20-7-5-6-18(20)32(55)51-34(54)57-15-16-8-10-17(47)11-9-16/h8-11H,3-7,12-15,37-46H2,1-2H3. The van der Waals surface area contributed by atoms with Crippen LogP contribution in [0.3, 0.4) is 0 Å². The number of nitrogens with zero attached hydrogens (tertiary/aromatic N) is 4. The molecular weight excluding hydrogens is 737 g/mol. The second kappa shape index (κ2) is 17.5. The topological polar surface area (TPSA) is 58.4 Å². The molecule has 3 aromatic carbocycles. The Morgan fingerprint density at radius 1 is 0.807 bits per heavy atom. The lowest BCUT2D eigenvalue weighted by Gasteiger charge is -2.38. The fraction of sp³-hybridized carbons (Fsp3) is 0.361. The van der Waals surface area contributed by atoms with Crippen LogP contribution in [0, 0.1) is 5.82 Å². The van der Waals surface area contributed by atoms with E-state index in [4.69, 9.17) is 0 Å². The Kier molecular flexibility index (Phi) is 13.8. The van der Waals surface area contributed by atoms with E-state index in [2.05, 4.69) is 39.4 Å². The number of halogens is 4. The van der Waals surface area contributed by atoms with Crippen LogP contribution in [0.4, 0.5) is 17.6 Å². The highest BCUT2D eigenvalue weighted by atomic mass is 32.2. The average Bonchev–Trinajstić information content (AvgIpc) is 3.65. The van der Waals surface area contributed by atoms with Gasteiger partial charge in [0, 0.05) is 42.2 Å². The van der Waals surface area contributed by atoms with Crippen LogP contribution in [0.25, 0.3) is 11.1 Å². The molecule has 0 aliphatic heterocycles. The van der Waals surface area contributed by atoms with Gasteiger partial charge in [-0.2, -0.15) is 18.2 Å². The van der Waals surface area contributed by atoms with Gasteiger partial charge in [0.2, 0.25) is 5.91 Å². The Bertz CT molecular complexity index is 2210. The first-order valence-corrected chi connectivity index (χ1v) is 21.0. The van der Waals surface area contributed by atoms with Crippen molar-refractivity contribution in [1.29, 1.82) is 0 Å². The minimum Gasteiger partial charge on any atom is -0.336 e. The first-order valence-electron chi connectivity index (χ1n) is 20.0. The number of alkyl halides is 3. The van der Waals surface area contributed by atoms with E-state index in [1.165, 1.54) is 23.9 Å². The number of amides is 1. The second-order valence-electron chi connectivity index (χ2n) is 16.1. The van der Waals surface area contributed by atoms with E-state index in [0.717, 1.165) is 69.3 Å². The van der Waals surface area contributed by atoms with E-state index in [1.807, 2.05) is 40.9 Å². The highest BCUT2D eigenvalue weighted by Crippen LogP contribution is 2.31. The number of benzene rings is 3. The van der Waals surface area contributed by atoms with Crippen LogP contribution in [-0.2, 0) is 41.4 Å². The quantitative estimate of drug-likeness (QED) is 0.0585. The SMILES string of the molecule is Bc1c(B)c(-c2c(B)c(B)c(C(F)(F)F)c(B)c2B)c(B)c(B)c1CN(CCN(CC)CC)C(=O)C(B)(B)n1c(SCc2ccc(F)cc2)nc(=O)c2c1CCC2. The van der Waals surface area contributed by atoms with Crippen LogP contribution < -0.4 is 49.3 Å². The summed E-state index contributed by atoms with van der Waals surface area (Å²) < 4.78 is 58.4. The van der Waals surface area contributed by atoms with Crippen molar-refractivity contribution < 1.29 is 22.4 Å². The molecule has 1 aliphatic carbocycles. The molecule has 0 atom stereocenters. The maximum absolute atomic E-state index is 15.3. The van der Waals surface area contributed by atoms with Crippen molar-refractivity contribution in [3.05, 3.63) is 68.4 Å². The van der Waals surface area contributed by atoms with Gasteiger partial charge in [-0.25, -0.2) is 4.39 Å². The molecule has 1 heterocycles. The van der Waals surface area contributed by atoms with Crippen LogP contribution in [0.1, 0.15) is 48.2 Å². The summed E-state index contributed by atoms with van der Waals surface area (Å²) in [5, 5.41) is -0.665. The number of fused-ring (bicyclic) bond motifs is 1. The molecule has 0 saturated carbocycles. The van der Waals surface area contributed by atoms with Gasteiger partial charge in [-0.3, -0.25) is 9.59 Å². The smallest absolute Gasteiger partial charge is 0.336 e. The van der Waals surface area contributed by atoms with E-state index in [0.29, 0.717) is 59.9 Å². The van der Waals surface area contributed by atoms with Crippen molar-refractivity contribution in [2.24, 2.45) is 0 Å². The summed E-state index contributed by atoms with van der Waals surface area (Å²) in [6, 6.07) is 6.25. The van der Waals surface area contributed by atoms with E-state index < -0.39 is 17.1 Å². The molecule has 288 valence electrons. The van der Waals surface area contributed by atoms with Crippen LogP contribution in [0.2, 0.25) is 0 Å². The van der Waals surface area contributed by atoms with Gasteiger partial charge in [-0.15, -0.1) is 0 Å². The molecule has 6 nitrogen and oxygen atoms in total. The van der Waals surface area contributed by atoms with E-state index in [9.17, 15) is 22.4 Å². The van der Waals surface area contributed by atoms with Gasteiger partial charge >= 0.3 is 6.18 Å². The summed E-state index contributed by atoms with van der Waals surface area (Å²) >= 11 is 1.37. The molecule has 0 fully saturated rings. The number of rotatable bonds is 13. The normalized spacial score (nSPS) is 13.0. The highest BCUT2D eigenvalue weighted by Gasteiger charge is 2.40. The Morgan fingerprint density at radius 2 is 1.33 bits per heavy atom. The number of hydrogen-bond acceptors (Lipinski definition) is 5. The van der Waals surface area contributed by atoms with Crippen LogP contribution in [0.15, 0.2) is 34.2 Å². The summed E-state index contributed by atoms with van der Waals surface area (Å²) in [5.74, 6) is 0.0202. The number of carbonyl (C=O) groups is 1. The van der Waals surface area contributed by atoms with Crippen molar-refractivity contribution in [1.82, 2.24) is 19.4 Å². The molecule has 21 heteroatoms. The molecule has 0 N–H and O–H groups in total. The lowest BCUT2D eigenvalue weighted by Crippen LogP contribution is -2.56. The van der Waals surface area contributed by atoms with E-state index >= 15 is 4.79 Å². The monoisotopic (exact) mass is 786 g/mol. The number of carbonyl (C=O) groups excluding carboxylic acids is 1. The third-order valence-electron chi connectivity index (χ3n) is 12.6. The molecule has 1 aromatic heterocycles. The Labute approximate surface area is 348 Å². The van der Waals surface area contributed by atoms with E-state index in [1.54, 1.807) is 43.5 Å². The maximum atomic E-state index is 15.3. The predicted octanol–water partition coefficient (Wildman–Crippen LogP) is -8.84. The minimum atomic E-state index is -4.45. The molecule has 0 spiro atoms. The Morgan fingerprint density at radius 3 is 1.84 bits per heavy atom. The zero-order chi connectivity index (χ0) is 42.3. The molecular formula is C36H48B10F4N4O2S. The first kappa shape index (κ1) is 44.8. The summed E-state index contributed by atoms with van der Waals surface area (Å²) in [4.78, 5) is 37.4. The molecule has 0 radical (unpaired) electrons. The number of likely N-dealkylation sites (N-methyl/N-ethyl adjacent to an activating group) is 1. The second-order valence-corrected chi connectivity index (χ2v) is 17.1. The van der Waals surface area contributed by atoms with Gasteiger partial charge in [0.15, 0.2) is 5.16 Å². The molecule has 5 rings (SSSR count). The summed E-state index contributed by atoms with van der Waals surface area (Å²) in [5.41, 5.74) is 10.1. The van der Waals surface area contributed by atoms with E-state index in [-0.39, 0.29) is 28.2 Å². The maximum Gasteiger partial charge on any atom is 0.415 e. The van der Waals surface area contributed by atoms with Crippen LogP contribution in [0.5, 0.6) is 0 Å². The lowest BCUT2D eigenvalue weighted by atomic mass is 9.57. The number of aromatic nitrogens is 2. The molecule has 4 aromatic rings. The molecule has 1 amide bonds. The average molecular weight is 785 g/mol. The van der Waals surface area contributed by atoms with Gasteiger partial charge in [-0.1, -0.05) is 81.4 Å². The Balaban J connectivity index is 1.62. The van der Waals surface area contributed by atoms with Crippen LogP contribution >= 0.6 is 11.8 Å². The summed E-state index contributed by atoms with van der Waals surface area (Å²) in [7, 11) is 18.7. The predicted molar refractivity (Wildman–Crippen MR) is 257 cm³/mol. The van der Waals surface area contributed by atoms with Gasteiger partial charge < -0.3 is 14.4 Å². The van der Waals surface area contributed by atoms with Gasteiger partial charge in [-0.05, 0) is 66.7 Å². The molecule has 57 heavy (non-hydrogen) atoms. The zero-order valence-corrected chi connectivity index (χ0v) is 36.5. The number of thioether (sulfide) groups is 1. The lowest BCUT2D eigenvalue weighted by molar-refractivity contribution is -0.136. The van der Waals surface area contributed by atoms with Crippen molar-refractivity contribution in [2.75, 3.05) is 26.2 Å². The van der Waals surface area contributed by atoms with Gasteiger partial charge in [0.05, 0.1) is 5.34 Å². The Hall–Kier alpha value is -3.31. The number of hydrogen-bond donors (Lipinski definition) is 0. The summed E-state index contributed by atoms with van der Waals surface area (Å²) in [6.45, 7) is 7.34. The minimum absolute atomic E-state index is 0.100. The third-order valence-corrected chi connectivity index (χ3v) is 13.6. The highest BCUT2D eigenvalue weighted by molar-refractivity contribution is 7.98. The van der Waals surface area contributed by atoms with Gasteiger partial charge in [0.25, 0.3) is 5.56 Å². The third kappa shape index (κ3) is 8.71. The fourth-order valence-electron chi connectivity index (χ4n) is 8.77. The first-order chi connectivity index (χ1) is 26.7. The van der Waals surface area contributed by atoms with Crippen molar-refractivity contribution in [2.45, 2.75) is 62.1 Å². The van der Waals surface area contributed by atoms with Gasteiger partial charge in [0.1, 0.15) is 84.3 Å². The molecule has 1 aliphatic rings. The summed E-state index contributed by atoms with van der Waals surface area (Å²) in [6.07, 6.45) is -2.38. The van der Waals surface area contributed by atoms with Crippen molar-refractivity contribution in [3.8, 4) is 11.1 Å². The largest absolute Gasteiger partial charge is 0.415 e.